The van der Waals surface area contributed by atoms with Gasteiger partial charge in [0.15, 0.2) is 0 Å². The molecule has 11 heteroatoms. The van der Waals surface area contributed by atoms with E-state index in [2.05, 4.69) is 20.4 Å². The number of hydrogen-bond acceptors (Lipinski definition) is 8. The molecule has 0 radical (unpaired) electrons. The molecule has 200 valence electrons. The number of piperazine rings is 1. The van der Waals surface area contributed by atoms with E-state index in [0.29, 0.717) is 40.5 Å². The Morgan fingerprint density at radius 3 is 2.44 bits per heavy atom. The normalized spacial score (nSPS) is 13.3. The summed E-state index contributed by atoms with van der Waals surface area (Å²) in [6.45, 7) is 2.68. The molecule has 1 saturated heterocycles. The van der Waals surface area contributed by atoms with Crippen molar-refractivity contribution in [1.82, 2.24) is 15.1 Å². The van der Waals surface area contributed by atoms with Crippen LogP contribution < -0.4 is 15.0 Å². The number of thioether (sulfide) groups is 1. The fraction of sp³-hybridized carbons (Fsp3) is 0.214. The van der Waals surface area contributed by atoms with Gasteiger partial charge in [-0.2, -0.15) is 0 Å². The number of nitrogens with zero attached hydrogens (tertiary/aromatic N) is 4. The van der Waals surface area contributed by atoms with Crippen LogP contribution in [0.4, 0.5) is 11.4 Å². The summed E-state index contributed by atoms with van der Waals surface area (Å²) in [6.07, 6.45) is 0. The highest BCUT2D eigenvalue weighted by Crippen LogP contribution is 2.25. The van der Waals surface area contributed by atoms with Crippen LogP contribution in [0, 0.1) is 0 Å². The minimum absolute atomic E-state index is 0.00874. The summed E-state index contributed by atoms with van der Waals surface area (Å²) in [7, 11) is 1.60. The van der Waals surface area contributed by atoms with Crippen molar-refractivity contribution in [3.63, 3.8) is 0 Å². The maximum absolute atomic E-state index is 12.8. The monoisotopic (exact) mass is 563 g/mol. The van der Waals surface area contributed by atoms with Crippen LogP contribution in [0.1, 0.15) is 10.4 Å². The molecule has 1 N–H and O–H groups in total. The first-order valence-corrected chi connectivity index (χ1v) is 13.7. The molecular formula is C28H26ClN5O4S. The summed E-state index contributed by atoms with van der Waals surface area (Å²) in [4.78, 5) is 29.3. The highest BCUT2D eigenvalue weighted by Gasteiger charge is 2.22. The summed E-state index contributed by atoms with van der Waals surface area (Å²) >= 11 is 7.21. The molecule has 4 aromatic rings. The predicted molar refractivity (Wildman–Crippen MR) is 152 cm³/mol. The minimum Gasteiger partial charge on any atom is -0.497 e. The van der Waals surface area contributed by atoms with Crippen LogP contribution in [-0.2, 0) is 4.79 Å². The fourth-order valence-corrected chi connectivity index (χ4v) is 4.92. The zero-order valence-electron chi connectivity index (χ0n) is 21.2. The van der Waals surface area contributed by atoms with Gasteiger partial charge in [-0.3, -0.25) is 9.59 Å². The van der Waals surface area contributed by atoms with Gasteiger partial charge < -0.3 is 24.3 Å². The Labute approximate surface area is 235 Å². The SMILES string of the molecule is COc1ccc(-c2nnc(SCC(=O)Nc3ccc(N4CCN(C(=O)c5cccc(Cl)c5)CC4)cc3)o2)cc1. The van der Waals surface area contributed by atoms with Crippen molar-refractivity contribution in [3.05, 3.63) is 83.4 Å². The van der Waals surface area contributed by atoms with Gasteiger partial charge in [-0.05, 0) is 66.7 Å². The second kappa shape index (κ2) is 12.2. The number of ether oxygens (including phenoxy) is 1. The quantitative estimate of drug-likeness (QED) is 0.296. The smallest absolute Gasteiger partial charge is 0.277 e. The molecule has 1 fully saturated rings. The number of aromatic nitrogens is 2. The first-order valence-electron chi connectivity index (χ1n) is 12.3. The van der Waals surface area contributed by atoms with Crippen LogP contribution in [0.3, 0.4) is 0 Å². The Morgan fingerprint density at radius 1 is 1.00 bits per heavy atom. The van der Waals surface area contributed by atoms with Gasteiger partial charge in [0.25, 0.3) is 11.1 Å². The Bertz CT molecular complexity index is 1440. The molecule has 0 atom stereocenters. The highest BCUT2D eigenvalue weighted by molar-refractivity contribution is 7.99. The lowest BCUT2D eigenvalue weighted by Crippen LogP contribution is -2.48. The van der Waals surface area contributed by atoms with Crippen molar-refractivity contribution < 1.29 is 18.7 Å². The topological polar surface area (TPSA) is 101 Å². The molecule has 39 heavy (non-hydrogen) atoms. The van der Waals surface area contributed by atoms with E-state index >= 15 is 0 Å². The molecule has 0 saturated carbocycles. The van der Waals surface area contributed by atoms with Crippen molar-refractivity contribution in [2.45, 2.75) is 5.22 Å². The van der Waals surface area contributed by atoms with E-state index in [4.69, 9.17) is 20.8 Å². The molecule has 0 spiro atoms. The molecular weight excluding hydrogens is 538 g/mol. The van der Waals surface area contributed by atoms with Gasteiger partial charge in [0, 0.05) is 53.7 Å². The maximum atomic E-state index is 12.8. The molecule has 1 aliphatic rings. The van der Waals surface area contributed by atoms with E-state index in [1.165, 1.54) is 11.8 Å². The molecule has 9 nitrogen and oxygen atoms in total. The largest absolute Gasteiger partial charge is 0.497 e. The maximum Gasteiger partial charge on any atom is 0.277 e. The second-order valence-corrected chi connectivity index (χ2v) is 10.1. The molecule has 0 aliphatic carbocycles. The predicted octanol–water partition coefficient (Wildman–Crippen LogP) is 5.09. The van der Waals surface area contributed by atoms with Crippen LogP contribution in [0.2, 0.25) is 5.02 Å². The number of carbonyl (C=O) groups excluding carboxylic acids is 2. The van der Waals surface area contributed by atoms with E-state index in [1.807, 2.05) is 53.4 Å². The van der Waals surface area contributed by atoms with Crippen molar-refractivity contribution in [2.75, 3.05) is 49.3 Å². The lowest BCUT2D eigenvalue weighted by Gasteiger charge is -2.36. The standard InChI is InChI=1S/C28H26ClN5O4S/c1-37-24-11-5-19(6-12-24)26-31-32-28(38-26)39-18-25(35)30-22-7-9-23(10-8-22)33-13-15-34(16-14-33)27(36)20-3-2-4-21(29)17-20/h2-12,17H,13-16,18H2,1H3,(H,30,35). The van der Waals surface area contributed by atoms with Crippen molar-refractivity contribution >= 4 is 46.6 Å². The van der Waals surface area contributed by atoms with Crippen LogP contribution in [-0.4, -0.2) is 66.0 Å². The van der Waals surface area contributed by atoms with Gasteiger partial charge in [0.2, 0.25) is 11.8 Å². The van der Waals surface area contributed by atoms with Crippen molar-refractivity contribution in [1.29, 1.82) is 0 Å². The molecule has 2 amide bonds. The summed E-state index contributed by atoms with van der Waals surface area (Å²) in [5.74, 6) is 1.07. The number of hydrogen-bond donors (Lipinski definition) is 1. The van der Waals surface area contributed by atoms with E-state index in [1.54, 1.807) is 31.4 Å². The zero-order chi connectivity index (χ0) is 27.2. The fourth-order valence-electron chi connectivity index (χ4n) is 4.17. The zero-order valence-corrected chi connectivity index (χ0v) is 22.7. The van der Waals surface area contributed by atoms with Gasteiger partial charge in [0.1, 0.15) is 5.75 Å². The van der Waals surface area contributed by atoms with Crippen LogP contribution in [0.15, 0.2) is 82.4 Å². The van der Waals surface area contributed by atoms with Gasteiger partial charge in [-0.25, -0.2) is 0 Å². The lowest BCUT2D eigenvalue weighted by atomic mass is 10.1. The number of rotatable bonds is 8. The third-order valence-corrected chi connectivity index (χ3v) is 7.28. The van der Waals surface area contributed by atoms with Gasteiger partial charge in [-0.1, -0.05) is 29.4 Å². The lowest BCUT2D eigenvalue weighted by molar-refractivity contribution is -0.113. The van der Waals surface area contributed by atoms with E-state index in [0.717, 1.165) is 30.1 Å². The molecule has 1 aromatic heterocycles. The first-order chi connectivity index (χ1) is 19.0. The molecule has 2 heterocycles. The Kier molecular flexibility index (Phi) is 8.33. The van der Waals surface area contributed by atoms with Gasteiger partial charge >= 0.3 is 0 Å². The van der Waals surface area contributed by atoms with Crippen LogP contribution in [0.25, 0.3) is 11.5 Å². The van der Waals surface area contributed by atoms with Crippen molar-refractivity contribution in [3.8, 4) is 17.2 Å². The summed E-state index contributed by atoms with van der Waals surface area (Å²) in [5, 5.41) is 11.8. The summed E-state index contributed by atoms with van der Waals surface area (Å²) in [5.41, 5.74) is 3.11. The molecule has 0 unspecified atom stereocenters. The Hall–Kier alpha value is -4.02. The highest BCUT2D eigenvalue weighted by atomic mass is 35.5. The number of methoxy groups -OCH3 is 1. The average molecular weight is 564 g/mol. The number of benzene rings is 3. The second-order valence-electron chi connectivity index (χ2n) is 8.77. The summed E-state index contributed by atoms with van der Waals surface area (Å²) < 4.78 is 10.8. The van der Waals surface area contributed by atoms with Crippen LogP contribution in [0.5, 0.6) is 5.75 Å². The number of nitrogens with one attached hydrogen (secondary N) is 1. The van der Waals surface area contributed by atoms with Crippen molar-refractivity contribution in [2.24, 2.45) is 0 Å². The van der Waals surface area contributed by atoms with E-state index in [-0.39, 0.29) is 17.6 Å². The number of halogens is 1. The van der Waals surface area contributed by atoms with Gasteiger partial charge in [-0.15, -0.1) is 10.2 Å². The number of anilines is 2. The number of carbonyl (C=O) groups is 2. The minimum atomic E-state index is -0.176. The molecule has 0 bridgehead atoms. The molecule has 3 aromatic carbocycles. The van der Waals surface area contributed by atoms with Gasteiger partial charge in [0.05, 0.1) is 12.9 Å². The Balaban J connectivity index is 1.08. The third-order valence-electron chi connectivity index (χ3n) is 6.22. The Morgan fingerprint density at radius 2 is 1.74 bits per heavy atom. The molecule has 1 aliphatic heterocycles. The van der Waals surface area contributed by atoms with E-state index < -0.39 is 0 Å². The van der Waals surface area contributed by atoms with Crippen LogP contribution >= 0.6 is 23.4 Å². The number of amides is 2. The molecule has 5 rings (SSSR count). The van der Waals surface area contributed by atoms with E-state index in [9.17, 15) is 9.59 Å². The average Bonchev–Trinajstić information content (AvgIpc) is 3.45. The third kappa shape index (κ3) is 6.71. The summed E-state index contributed by atoms with van der Waals surface area (Å²) in [6, 6.07) is 22.0. The first kappa shape index (κ1) is 26.6.